The number of ketones is 3. The summed E-state index contributed by atoms with van der Waals surface area (Å²) in [4.78, 5) is 106. The predicted octanol–water partition coefficient (Wildman–Crippen LogP) is 6.74. The highest BCUT2D eigenvalue weighted by Crippen LogP contribution is 2.50. The molecular weight excluding hydrogens is 1550 g/mol. The second kappa shape index (κ2) is 58.1. The fraction of sp³-hybridized carbons (Fsp3) is 0.924. The number of Topliss-reactive ketones (excluding diaryl/α,β-unsaturated/α-hetero) is 3. The highest BCUT2D eigenvalue weighted by molar-refractivity contribution is 7.47. The number of hydrogen-bond acceptors (Lipinski definition) is 29. The number of carbonyl (C=O) groups is 6. The lowest BCUT2D eigenvalue weighted by Crippen LogP contribution is -2.55. The van der Waals surface area contributed by atoms with Crippen molar-refractivity contribution >= 4 is 50.7 Å². The molecule has 3 amide bonds. The summed E-state index contributed by atoms with van der Waals surface area (Å²) in [6.07, 6.45) is -5.65. The summed E-state index contributed by atoms with van der Waals surface area (Å²) in [5.74, 6) is -1.72. The van der Waals surface area contributed by atoms with Crippen molar-refractivity contribution < 1.29 is 150 Å². The molecule has 6 aliphatic heterocycles. The maximum atomic E-state index is 14.0. The van der Waals surface area contributed by atoms with E-state index in [1.54, 1.807) is 25.7 Å². The summed E-state index contributed by atoms with van der Waals surface area (Å²) < 4.78 is 89.0. The Labute approximate surface area is 683 Å². The van der Waals surface area contributed by atoms with E-state index in [4.69, 9.17) is 51.3 Å². The van der Waals surface area contributed by atoms with Crippen LogP contribution in [0.3, 0.4) is 0 Å². The monoisotopic (exact) mass is 1700 g/mol. The molecule has 23 atom stereocenters. The molecule has 115 heavy (non-hydrogen) atoms. The second-order valence-corrected chi connectivity index (χ2v) is 33.9. The van der Waals surface area contributed by atoms with E-state index in [1.165, 1.54) is 16.9 Å². The molecule has 6 rings (SSSR count). The third-order valence-corrected chi connectivity index (χ3v) is 23.0. The van der Waals surface area contributed by atoms with Gasteiger partial charge in [-0.1, -0.05) is 116 Å². The Morgan fingerprint density at radius 1 is 0.400 bits per heavy atom. The van der Waals surface area contributed by atoms with E-state index in [9.17, 15) is 98.7 Å². The number of phosphoric acid groups is 2. The first kappa shape index (κ1) is 110. The molecule has 34 nitrogen and oxygen atoms in total. The van der Waals surface area contributed by atoms with Gasteiger partial charge in [-0.15, -0.1) is 0 Å². The number of aliphatic hydroxyl groups is 10. The molecule has 0 radical (unpaired) electrons. The van der Waals surface area contributed by atoms with E-state index in [-0.39, 0.29) is 162 Å². The van der Waals surface area contributed by atoms with Gasteiger partial charge in [0.2, 0.25) is 17.7 Å². The zero-order valence-corrected chi connectivity index (χ0v) is 69.4. The number of carbonyl (C=O) groups excluding carboxylic acids is 6. The molecule has 0 aromatic heterocycles. The van der Waals surface area contributed by atoms with Crippen LogP contribution in [-0.4, -0.2) is 307 Å². The third kappa shape index (κ3) is 38.9. The highest BCUT2D eigenvalue weighted by atomic mass is 31.2. The molecule has 6 heterocycles. The quantitative estimate of drug-likeness (QED) is 0.0221. The van der Waals surface area contributed by atoms with Crippen molar-refractivity contribution in [2.75, 3.05) is 86.2 Å². The predicted molar refractivity (Wildman–Crippen MR) is 426 cm³/mol. The van der Waals surface area contributed by atoms with Gasteiger partial charge < -0.3 is 109 Å². The topological polar surface area (TPSA) is 491 Å². The molecule has 36 heteroatoms. The molecule has 0 aliphatic carbocycles. The van der Waals surface area contributed by atoms with Crippen molar-refractivity contribution in [3.8, 4) is 0 Å². The van der Waals surface area contributed by atoms with E-state index < -0.39 is 183 Å². The van der Waals surface area contributed by atoms with Crippen LogP contribution in [0.15, 0.2) is 0 Å². The van der Waals surface area contributed by atoms with Gasteiger partial charge in [0.05, 0.1) is 114 Å². The zero-order valence-electron chi connectivity index (χ0n) is 67.6. The number of methoxy groups -OCH3 is 1. The minimum Gasteiger partial charge on any atom is -0.394 e. The van der Waals surface area contributed by atoms with Crippen LogP contribution in [0, 0.1) is 23.7 Å². The van der Waals surface area contributed by atoms with Crippen LogP contribution in [0.2, 0.25) is 0 Å². The number of ether oxygens (including phenoxy) is 7. The lowest BCUT2D eigenvalue weighted by Gasteiger charge is -2.40. The van der Waals surface area contributed by atoms with Gasteiger partial charge in [-0.2, -0.15) is 0 Å². The van der Waals surface area contributed by atoms with Crippen molar-refractivity contribution in [2.45, 2.75) is 361 Å². The lowest BCUT2D eigenvalue weighted by atomic mass is 9.92. The Morgan fingerprint density at radius 3 is 0.948 bits per heavy atom. The number of rotatable bonds is 51. The Bertz CT molecular complexity index is 2800. The first-order chi connectivity index (χ1) is 53.2. The number of aliphatic hydroxyl groups excluding tert-OH is 10. The van der Waals surface area contributed by atoms with Crippen LogP contribution in [0.1, 0.15) is 251 Å². The standard InChI is InChI=1S/C70H123N3O31P2.C4H10.C2H6.3CH4/c1-44-62(84)65(87)56(38-74)100-68(44)95-29-17-23-50(77)20-11-5-8-14-26-59(81)71-35-53(80)32-47(71)42-98-105(90,91)104-55-34-49(73(37-55)61(83)28-16-10-7-13-22-52(79)25-19-31-97-70-46(3)64(86)67(89)58(40-76)102-70)43-99-106(92,93)103-54-33-48(41-94-4)72(36-54)60(82)27-15-9-6-12-21-51(78)24-18-30-96-69-45(2)63(85)66(88)57(39-75)101-69;1-4(2)3;1-2;;;/h44-49,53-58,62-70,74-76,80,84-89H,5-43H2,1-4H3,(H,90,91)(H,92,93);4H,1-3H3;1-2H3;3*1H4/t44?,45?,46?,47-,48-,49-,53+,54+,55+,56?,57?,58?,62+,63+,64+,65-,66-,67-,68+,69+,70+;;;;;/m0...../s1. The largest absolute Gasteiger partial charge is 0.472 e. The maximum Gasteiger partial charge on any atom is 0.472 e. The number of likely N-dealkylation sites (tertiary alicyclic amines) is 3. The Hall–Kier alpha value is -3.04. The summed E-state index contributed by atoms with van der Waals surface area (Å²) in [5.41, 5.74) is 0. The van der Waals surface area contributed by atoms with E-state index in [0.29, 0.717) is 109 Å². The number of hydrogen-bond donors (Lipinski definition) is 12. The molecule has 8 unspecified atom stereocenters. The van der Waals surface area contributed by atoms with Crippen molar-refractivity contribution in [2.24, 2.45) is 23.7 Å². The Balaban J connectivity index is 0.00000711. The maximum absolute atomic E-state index is 14.0. The molecule has 0 aromatic carbocycles. The van der Waals surface area contributed by atoms with Gasteiger partial charge in [-0.3, -0.25) is 46.9 Å². The van der Waals surface area contributed by atoms with Crippen molar-refractivity contribution in [1.82, 2.24) is 14.7 Å². The highest BCUT2D eigenvalue weighted by Gasteiger charge is 2.48. The molecule has 678 valence electrons. The van der Waals surface area contributed by atoms with Gasteiger partial charge >= 0.3 is 15.6 Å². The summed E-state index contributed by atoms with van der Waals surface area (Å²) in [6, 6.07) is -2.26. The molecule has 0 spiro atoms. The summed E-state index contributed by atoms with van der Waals surface area (Å²) in [5, 5.41) is 100. The van der Waals surface area contributed by atoms with Crippen LogP contribution >= 0.6 is 15.6 Å². The van der Waals surface area contributed by atoms with Crippen molar-refractivity contribution in [3.05, 3.63) is 0 Å². The molecule has 12 N–H and O–H groups in total. The smallest absolute Gasteiger partial charge is 0.394 e. The molecule has 0 aromatic rings. The van der Waals surface area contributed by atoms with Gasteiger partial charge in [0.25, 0.3) is 0 Å². The normalized spacial score (nSPS) is 30.3. The average molecular weight is 1700 g/mol. The number of β-amino-alcohol motifs (C(OH)–C–C–N with tert-alkyl or cyclic N) is 1. The number of phosphoric ester groups is 2. The van der Waals surface area contributed by atoms with Crippen LogP contribution in [0.4, 0.5) is 0 Å². The van der Waals surface area contributed by atoms with Crippen LogP contribution in [0.25, 0.3) is 0 Å². The minimum absolute atomic E-state index is 0. The molecular formula is C79H151N3O31P2. The van der Waals surface area contributed by atoms with Crippen LogP contribution in [0.5, 0.6) is 0 Å². The first-order valence-electron chi connectivity index (χ1n) is 40.9. The summed E-state index contributed by atoms with van der Waals surface area (Å²) >= 11 is 0. The van der Waals surface area contributed by atoms with Gasteiger partial charge in [-0.05, 0) is 83.0 Å². The zero-order chi connectivity index (χ0) is 83.3. The molecule has 0 bridgehead atoms. The van der Waals surface area contributed by atoms with E-state index in [0.717, 1.165) is 5.92 Å². The molecule has 6 fully saturated rings. The minimum atomic E-state index is -4.95. The lowest BCUT2D eigenvalue weighted by molar-refractivity contribution is -0.282. The van der Waals surface area contributed by atoms with Crippen molar-refractivity contribution in [1.29, 1.82) is 0 Å². The number of amides is 3. The average Bonchev–Trinajstić information content (AvgIpc) is 1.79. The summed E-state index contributed by atoms with van der Waals surface area (Å²) in [6.45, 7) is 13.2. The fourth-order valence-corrected chi connectivity index (χ4v) is 16.4. The van der Waals surface area contributed by atoms with E-state index in [2.05, 4.69) is 20.8 Å². The van der Waals surface area contributed by atoms with E-state index in [1.807, 2.05) is 13.8 Å². The van der Waals surface area contributed by atoms with Gasteiger partial charge in [0, 0.05) is 102 Å². The molecule has 6 aliphatic rings. The van der Waals surface area contributed by atoms with Crippen LogP contribution in [-0.2, 0) is 89.2 Å². The van der Waals surface area contributed by atoms with Crippen LogP contribution < -0.4 is 0 Å². The summed E-state index contributed by atoms with van der Waals surface area (Å²) in [7, 11) is -8.42. The third-order valence-electron chi connectivity index (χ3n) is 20.9. The second-order valence-electron chi connectivity index (χ2n) is 31.1. The number of unbranched alkanes of at least 4 members (excludes halogenated alkanes) is 9. The fourth-order valence-electron chi connectivity index (χ4n) is 14.5. The van der Waals surface area contributed by atoms with Gasteiger partial charge in [0.15, 0.2) is 18.9 Å². The Morgan fingerprint density at radius 2 is 0.661 bits per heavy atom. The Kier molecular flexibility index (Phi) is 55.6. The molecule has 0 saturated carbocycles. The van der Waals surface area contributed by atoms with E-state index >= 15 is 0 Å². The molecule has 6 saturated heterocycles. The van der Waals surface area contributed by atoms with Gasteiger partial charge in [0.1, 0.15) is 54.0 Å². The number of nitrogens with zero attached hydrogens (tertiary/aromatic N) is 3. The van der Waals surface area contributed by atoms with Crippen molar-refractivity contribution in [3.63, 3.8) is 0 Å². The van der Waals surface area contributed by atoms with Gasteiger partial charge in [-0.25, -0.2) is 9.13 Å². The first-order valence-corrected chi connectivity index (χ1v) is 43.9. The SMILES string of the molecule is C.C.C.CC.CC(C)C.COC[C@@H]1C[C@@H](OP(=O)(O)OC[C@@H]2C[C@@H](OP(=O)(O)OC[C@@H]3C[C@@H](O)CN3C(=O)CCCCCCC(=O)CCCO[C@@H]3OC(CO)[C@H](O)[C@H](O)C3C)CN2C(=O)CCCCCCC(=O)CCCO[C@@H]2OC(CO)[C@H](O)[C@H](O)C2C)CN1C(=O)CCCCCCC(=O)CCCO[C@@H]1OC(CO)[C@H](O)[C@H](O)C1C.